The Bertz CT molecular complexity index is 812. The third kappa shape index (κ3) is 6.67. The van der Waals surface area contributed by atoms with E-state index < -0.39 is 5.60 Å². The van der Waals surface area contributed by atoms with Crippen molar-refractivity contribution in [2.45, 2.75) is 71.9 Å². The second kappa shape index (κ2) is 11.1. The number of ether oxygens (including phenoxy) is 1. The largest absolute Gasteiger partial charge is 0.487 e. The predicted molar refractivity (Wildman–Crippen MR) is 115 cm³/mol. The van der Waals surface area contributed by atoms with Crippen molar-refractivity contribution < 1.29 is 20.1 Å². The quantitative estimate of drug-likeness (QED) is 0.522. The molecule has 2 aromatic rings. The van der Waals surface area contributed by atoms with Gasteiger partial charge in [0.05, 0.1) is 30.2 Å². The third-order valence-electron chi connectivity index (χ3n) is 5.49. The van der Waals surface area contributed by atoms with Gasteiger partial charge in [-0.2, -0.15) is 0 Å². The van der Waals surface area contributed by atoms with E-state index in [-0.39, 0.29) is 13.2 Å². The molecule has 2 rings (SSSR count). The second-order valence-electron chi connectivity index (χ2n) is 7.41. The van der Waals surface area contributed by atoms with Crippen molar-refractivity contribution in [3.05, 3.63) is 65.0 Å². The highest BCUT2D eigenvalue weighted by atomic mass is 16.5. The lowest BCUT2D eigenvalue weighted by Crippen LogP contribution is -2.25. The van der Waals surface area contributed by atoms with Crippen LogP contribution in [0.3, 0.4) is 0 Å². The van der Waals surface area contributed by atoms with E-state index in [0.29, 0.717) is 23.5 Å². The molecule has 1 heterocycles. The maximum absolute atomic E-state index is 10.4. The average Bonchev–Trinajstić information content (AvgIpc) is 2.77. The number of hydrogen-bond acceptors (Lipinski definition) is 5. The Labute approximate surface area is 173 Å². The van der Waals surface area contributed by atoms with Gasteiger partial charge in [-0.15, -0.1) is 0 Å². The van der Waals surface area contributed by atoms with Gasteiger partial charge < -0.3 is 20.1 Å². The maximum Gasteiger partial charge on any atom is 0.130 e. The molecule has 0 unspecified atom stereocenters. The van der Waals surface area contributed by atoms with Crippen LogP contribution in [0.2, 0.25) is 0 Å². The molecule has 0 spiro atoms. The first-order valence-electron chi connectivity index (χ1n) is 10.3. The molecule has 158 valence electrons. The number of aliphatic hydroxyl groups is 3. The summed E-state index contributed by atoms with van der Waals surface area (Å²) >= 11 is 0. The van der Waals surface area contributed by atoms with E-state index in [0.717, 1.165) is 42.6 Å². The summed E-state index contributed by atoms with van der Waals surface area (Å²) in [6.45, 7) is 6.13. The molecule has 0 atom stereocenters. The van der Waals surface area contributed by atoms with Crippen LogP contribution in [0.15, 0.2) is 42.5 Å². The van der Waals surface area contributed by atoms with Gasteiger partial charge in [-0.05, 0) is 73.6 Å². The number of pyridine rings is 1. The summed E-state index contributed by atoms with van der Waals surface area (Å²) in [4.78, 5) is 4.67. The van der Waals surface area contributed by atoms with Crippen molar-refractivity contribution in [2.75, 3.05) is 0 Å². The lowest BCUT2D eigenvalue weighted by molar-refractivity contribution is 0.0246. The van der Waals surface area contributed by atoms with Crippen molar-refractivity contribution in [3.63, 3.8) is 0 Å². The van der Waals surface area contributed by atoms with Gasteiger partial charge in [0, 0.05) is 0 Å². The standard InChI is InChI=1S/C24H33NO4/c1-4-24(28,5-2)13-7-8-18(3)23-10-6-9-21(25-23)17-29-22-12-11-19(15-26)20(14-22)16-27/h6,8-12,14,26-28H,4-5,7,13,15-17H2,1-3H3/b18-8+. The number of aromatic nitrogens is 1. The van der Waals surface area contributed by atoms with Crippen LogP contribution in [0, 0.1) is 0 Å². The van der Waals surface area contributed by atoms with Gasteiger partial charge in [-0.1, -0.05) is 32.1 Å². The Balaban J connectivity index is 2.01. The molecule has 29 heavy (non-hydrogen) atoms. The molecule has 5 nitrogen and oxygen atoms in total. The molecule has 0 saturated heterocycles. The van der Waals surface area contributed by atoms with E-state index in [2.05, 4.69) is 11.1 Å². The number of benzene rings is 1. The zero-order chi connectivity index (χ0) is 21.3. The Morgan fingerprint density at radius 3 is 2.45 bits per heavy atom. The van der Waals surface area contributed by atoms with Gasteiger partial charge in [0.25, 0.3) is 0 Å². The van der Waals surface area contributed by atoms with Crippen LogP contribution >= 0.6 is 0 Å². The van der Waals surface area contributed by atoms with Gasteiger partial charge in [-0.25, -0.2) is 4.98 Å². The predicted octanol–water partition coefficient (Wildman–Crippen LogP) is 4.38. The van der Waals surface area contributed by atoms with E-state index in [1.807, 2.05) is 39.0 Å². The molecular weight excluding hydrogens is 366 g/mol. The molecular formula is C24H33NO4. The van der Waals surface area contributed by atoms with Gasteiger partial charge in [0.1, 0.15) is 12.4 Å². The average molecular weight is 400 g/mol. The van der Waals surface area contributed by atoms with E-state index >= 15 is 0 Å². The number of aliphatic hydroxyl groups excluding tert-OH is 2. The third-order valence-corrected chi connectivity index (χ3v) is 5.49. The molecule has 0 amide bonds. The van der Waals surface area contributed by atoms with Crippen molar-refractivity contribution in [2.24, 2.45) is 0 Å². The van der Waals surface area contributed by atoms with Crippen molar-refractivity contribution in [1.82, 2.24) is 4.98 Å². The minimum absolute atomic E-state index is 0.112. The van der Waals surface area contributed by atoms with Crippen LogP contribution in [0.5, 0.6) is 5.75 Å². The highest BCUT2D eigenvalue weighted by Crippen LogP contribution is 2.23. The topological polar surface area (TPSA) is 82.8 Å². The number of nitrogens with zero attached hydrogens (tertiary/aromatic N) is 1. The minimum Gasteiger partial charge on any atom is -0.487 e. The maximum atomic E-state index is 10.4. The van der Waals surface area contributed by atoms with Crippen molar-refractivity contribution in [1.29, 1.82) is 0 Å². The molecule has 0 aliphatic carbocycles. The van der Waals surface area contributed by atoms with E-state index in [4.69, 9.17) is 4.74 Å². The molecule has 0 aliphatic heterocycles. The van der Waals surface area contributed by atoms with Crippen LogP contribution in [0.1, 0.15) is 69.0 Å². The van der Waals surface area contributed by atoms with E-state index in [1.54, 1.807) is 18.2 Å². The van der Waals surface area contributed by atoms with Crippen LogP contribution in [-0.2, 0) is 19.8 Å². The Kier molecular flexibility index (Phi) is 8.83. The SMILES string of the molecule is CCC(O)(CC)CC/C=C(\C)c1cccc(COc2ccc(CO)c(CO)c2)n1. The van der Waals surface area contributed by atoms with Crippen LogP contribution in [-0.4, -0.2) is 25.9 Å². The summed E-state index contributed by atoms with van der Waals surface area (Å²) in [5.41, 5.74) is 3.55. The monoisotopic (exact) mass is 399 g/mol. The second-order valence-corrected chi connectivity index (χ2v) is 7.41. The molecule has 1 aromatic heterocycles. The summed E-state index contributed by atoms with van der Waals surface area (Å²) < 4.78 is 5.82. The van der Waals surface area contributed by atoms with E-state index in [9.17, 15) is 15.3 Å². The Hall–Kier alpha value is -2.21. The fraction of sp³-hybridized carbons (Fsp3) is 0.458. The number of rotatable bonds is 11. The molecule has 0 bridgehead atoms. The van der Waals surface area contributed by atoms with Crippen molar-refractivity contribution >= 4 is 5.57 Å². The zero-order valence-corrected chi connectivity index (χ0v) is 17.7. The molecule has 3 N–H and O–H groups in total. The molecule has 5 heteroatoms. The van der Waals surface area contributed by atoms with Crippen molar-refractivity contribution in [3.8, 4) is 5.75 Å². The lowest BCUT2D eigenvalue weighted by Gasteiger charge is -2.24. The molecule has 0 radical (unpaired) electrons. The molecule has 0 aliphatic rings. The number of allylic oxidation sites excluding steroid dienone is 2. The summed E-state index contributed by atoms with van der Waals surface area (Å²) in [5, 5.41) is 29.1. The summed E-state index contributed by atoms with van der Waals surface area (Å²) in [6, 6.07) is 11.1. The van der Waals surface area contributed by atoms with E-state index in [1.165, 1.54) is 0 Å². The van der Waals surface area contributed by atoms with Crippen LogP contribution in [0.25, 0.3) is 5.57 Å². The Morgan fingerprint density at radius 2 is 1.79 bits per heavy atom. The molecule has 0 fully saturated rings. The lowest BCUT2D eigenvalue weighted by atomic mass is 9.91. The van der Waals surface area contributed by atoms with Crippen LogP contribution < -0.4 is 4.74 Å². The first-order valence-corrected chi connectivity index (χ1v) is 10.3. The highest BCUT2D eigenvalue weighted by molar-refractivity contribution is 5.60. The smallest absolute Gasteiger partial charge is 0.130 e. The summed E-state index contributed by atoms with van der Waals surface area (Å²) in [7, 11) is 0. The zero-order valence-electron chi connectivity index (χ0n) is 17.7. The minimum atomic E-state index is -0.584. The molecule has 1 aromatic carbocycles. The number of hydrogen-bond donors (Lipinski definition) is 3. The highest BCUT2D eigenvalue weighted by Gasteiger charge is 2.20. The normalized spacial score (nSPS) is 12.3. The van der Waals surface area contributed by atoms with Gasteiger partial charge in [-0.3, -0.25) is 0 Å². The Morgan fingerprint density at radius 1 is 1.07 bits per heavy atom. The first-order chi connectivity index (χ1) is 13.9. The summed E-state index contributed by atoms with van der Waals surface area (Å²) in [5.74, 6) is 0.629. The fourth-order valence-corrected chi connectivity index (χ4v) is 3.20. The van der Waals surface area contributed by atoms with Gasteiger partial charge in [0.15, 0.2) is 0 Å². The first kappa shape index (κ1) is 23.1. The molecule has 0 saturated carbocycles. The fourth-order valence-electron chi connectivity index (χ4n) is 3.20. The summed E-state index contributed by atoms with van der Waals surface area (Å²) in [6.07, 6.45) is 5.21. The van der Waals surface area contributed by atoms with Crippen LogP contribution in [0.4, 0.5) is 0 Å². The van der Waals surface area contributed by atoms with Gasteiger partial charge >= 0.3 is 0 Å². The van der Waals surface area contributed by atoms with Gasteiger partial charge in [0.2, 0.25) is 0 Å².